The van der Waals surface area contributed by atoms with E-state index >= 15 is 0 Å². The molecule has 1 atom stereocenters. The van der Waals surface area contributed by atoms with E-state index in [0.717, 1.165) is 23.2 Å². The van der Waals surface area contributed by atoms with Crippen LogP contribution in [0.4, 0.5) is 11.4 Å². The van der Waals surface area contributed by atoms with E-state index in [2.05, 4.69) is 142 Å². The van der Waals surface area contributed by atoms with Crippen LogP contribution in [0.2, 0.25) is 6.32 Å². The minimum atomic E-state index is -0.351. The number of aryl methyl sites for hydroxylation is 1. The molecule has 0 heterocycles. The van der Waals surface area contributed by atoms with Crippen molar-refractivity contribution in [2.45, 2.75) is 72.2 Å². The van der Waals surface area contributed by atoms with E-state index in [1.54, 1.807) is 0 Å². The van der Waals surface area contributed by atoms with Crippen molar-refractivity contribution in [3.63, 3.8) is 0 Å². The Morgan fingerprint density at radius 3 is 2.22 bits per heavy atom. The van der Waals surface area contributed by atoms with Crippen molar-refractivity contribution in [1.82, 2.24) is 0 Å². The molecule has 0 amide bonds. The fourth-order valence-electron chi connectivity index (χ4n) is 5.29. The van der Waals surface area contributed by atoms with Crippen molar-refractivity contribution >= 4 is 39.7 Å². The first-order valence-corrected chi connectivity index (χ1v) is 13.9. The molecule has 37 heavy (non-hydrogen) atoms. The largest absolute Gasteiger partial charge is 0.331 e. The normalized spacial score (nSPS) is 19.1. The average molecular weight is 507 g/mol. The van der Waals surface area contributed by atoms with E-state index in [1.807, 2.05) is 0 Å². The van der Waals surface area contributed by atoms with Crippen LogP contribution in [0.3, 0.4) is 0 Å². The molecule has 1 aliphatic carbocycles. The van der Waals surface area contributed by atoms with Crippen molar-refractivity contribution in [2.75, 3.05) is 4.90 Å². The van der Waals surface area contributed by atoms with Crippen LogP contribution in [0, 0.1) is 6.92 Å². The Morgan fingerprint density at radius 1 is 1.05 bits per heavy atom. The summed E-state index contributed by atoms with van der Waals surface area (Å²) < 4.78 is 0. The Morgan fingerprint density at radius 2 is 1.65 bits per heavy atom. The van der Waals surface area contributed by atoms with Crippen LogP contribution in [0.25, 0.3) is 0 Å². The van der Waals surface area contributed by atoms with Gasteiger partial charge in [-0.05, 0) is 79.5 Å². The average Bonchev–Trinajstić information content (AvgIpc) is 2.85. The van der Waals surface area contributed by atoms with Crippen molar-refractivity contribution < 1.29 is 0 Å². The minimum absolute atomic E-state index is 0.0119. The summed E-state index contributed by atoms with van der Waals surface area (Å²) in [4.78, 5) is 3.55. The lowest BCUT2D eigenvalue weighted by Crippen LogP contribution is -2.47. The van der Waals surface area contributed by atoms with Crippen LogP contribution in [0.15, 0.2) is 106 Å². The van der Waals surface area contributed by atoms with Gasteiger partial charge >= 0.3 is 0 Å². The van der Waals surface area contributed by atoms with E-state index in [1.165, 1.54) is 44.7 Å². The lowest BCUT2D eigenvalue weighted by atomic mass is 9.71. The van der Waals surface area contributed by atoms with E-state index < -0.39 is 0 Å². The first-order chi connectivity index (χ1) is 17.3. The number of hydrogen-bond donors (Lipinski definition) is 1. The predicted molar refractivity (Wildman–Crippen MR) is 174 cm³/mol. The van der Waals surface area contributed by atoms with Crippen LogP contribution >= 0.6 is 12.6 Å². The molecule has 1 unspecified atom stereocenters. The molecule has 192 valence electrons. The van der Waals surface area contributed by atoms with Crippen LogP contribution in [-0.2, 0) is 5.41 Å². The Bertz CT molecular complexity index is 1310. The molecule has 0 aliphatic heterocycles. The second-order valence-electron chi connectivity index (χ2n) is 11.6. The molecule has 0 N–H and O–H groups in total. The molecule has 1 aliphatic rings. The highest BCUT2D eigenvalue weighted by Crippen LogP contribution is 2.49. The van der Waals surface area contributed by atoms with Crippen molar-refractivity contribution in [2.24, 2.45) is 0 Å². The number of rotatable bonds is 7. The number of para-hydroxylation sites is 2. The quantitative estimate of drug-likeness (QED) is 0.228. The zero-order valence-electron chi connectivity index (χ0n) is 24.4. The molecular weight excluding hydrogens is 464 g/mol. The molecule has 0 saturated heterocycles. The smallest absolute Gasteiger partial charge is 0.133 e. The molecule has 1 nitrogen and oxygen atoms in total. The third kappa shape index (κ3) is 5.80. The third-order valence-corrected chi connectivity index (χ3v) is 8.36. The van der Waals surface area contributed by atoms with Gasteiger partial charge in [0.1, 0.15) is 15.7 Å². The lowest BCUT2D eigenvalue weighted by Gasteiger charge is -2.48. The zero-order valence-corrected chi connectivity index (χ0v) is 25.3. The number of nitrogens with zero attached hydrogens (tertiary/aromatic N) is 1. The first-order valence-electron chi connectivity index (χ1n) is 13.4. The Kier molecular flexibility index (Phi) is 8.96. The molecule has 0 aromatic heterocycles. The van der Waals surface area contributed by atoms with Crippen LogP contribution in [-0.4, -0.2) is 21.2 Å². The minimum Gasteiger partial charge on any atom is -0.331 e. The van der Waals surface area contributed by atoms with Crippen LogP contribution in [0.1, 0.15) is 59.1 Å². The number of anilines is 2. The zero-order chi connectivity index (χ0) is 27.5. The number of benzene rings is 2. The summed E-state index contributed by atoms with van der Waals surface area (Å²) in [5.41, 5.74) is 10.8. The molecule has 4 heteroatoms. The summed E-state index contributed by atoms with van der Waals surface area (Å²) in [6.45, 7) is 20.1. The number of allylic oxidation sites excluding steroid dienone is 5. The van der Waals surface area contributed by atoms with Gasteiger partial charge in [-0.1, -0.05) is 93.9 Å². The van der Waals surface area contributed by atoms with Crippen LogP contribution in [0.5, 0.6) is 0 Å². The molecule has 2 aromatic carbocycles. The van der Waals surface area contributed by atoms with E-state index in [-0.39, 0.29) is 11.0 Å². The van der Waals surface area contributed by atoms with Gasteiger partial charge < -0.3 is 4.90 Å². The fourth-order valence-corrected chi connectivity index (χ4v) is 5.58. The molecule has 0 spiro atoms. The Hall–Kier alpha value is -2.58. The van der Waals surface area contributed by atoms with Gasteiger partial charge in [0.25, 0.3) is 0 Å². The maximum atomic E-state index is 5.07. The van der Waals surface area contributed by atoms with Gasteiger partial charge in [-0.3, -0.25) is 0 Å². The summed E-state index contributed by atoms with van der Waals surface area (Å²) in [6, 6.07) is 17.7. The van der Waals surface area contributed by atoms with Crippen molar-refractivity contribution in [1.29, 1.82) is 0 Å². The second-order valence-corrected chi connectivity index (χ2v) is 12.1. The van der Waals surface area contributed by atoms with Crippen molar-refractivity contribution in [3.05, 3.63) is 117 Å². The maximum absolute atomic E-state index is 5.07. The van der Waals surface area contributed by atoms with Gasteiger partial charge in [0, 0.05) is 16.3 Å². The van der Waals surface area contributed by atoms with Gasteiger partial charge in [0.2, 0.25) is 0 Å². The van der Waals surface area contributed by atoms with E-state index in [0.29, 0.717) is 0 Å². The predicted octanol–water partition coefficient (Wildman–Crippen LogP) is 7.79. The highest BCUT2D eigenvalue weighted by molar-refractivity contribution is 7.84. The van der Waals surface area contributed by atoms with Crippen molar-refractivity contribution in [3.8, 4) is 0 Å². The van der Waals surface area contributed by atoms with E-state index in [9.17, 15) is 0 Å². The Labute approximate surface area is 233 Å². The molecule has 3 rings (SSSR count). The molecular formula is C33H43B2NS. The fraction of sp³-hybridized carbons (Fsp3) is 0.333. The SMILES string of the molecule is BC/C(B)=C(C)\C(C1=CC=CCC1(C)N(c1ccccc1C)c1ccccc1C(C)(C)C)=C(\S)C(=C)C. The summed E-state index contributed by atoms with van der Waals surface area (Å²) >= 11 is 5.07. The highest BCUT2D eigenvalue weighted by Gasteiger charge is 2.41. The Balaban J connectivity index is 2.45. The summed E-state index contributed by atoms with van der Waals surface area (Å²) in [5.74, 6) is 0. The molecule has 2 aromatic rings. The van der Waals surface area contributed by atoms with Crippen LogP contribution < -0.4 is 4.90 Å². The summed E-state index contributed by atoms with van der Waals surface area (Å²) in [7, 11) is 4.46. The molecule has 0 bridgehead atoms. The first kappa shape index (κ1) is 29.0. The van der Waals surface area contributed by atoms with Gasteiger partial charge in [-0.15, -0.1) is 18.1 Å². The number of hydrogen-bond acceptors (Lipinski definition) is 2. The van der Waals surface area contributed by atoms with Gasteiger partial charge in [-0.2, -0.15) is 0 Å². The lowest BCUT2D eigenvalue weighted by molar-refractivity contribution is 0.529. The summed E-state index contributed by atoms with van der Waals surface area (Å²) in [5, 5.41) is 0. The molecule has 0 saturated carbocycles. The third-order valence-electron chi connectivity index (χ3n) is 7.75. The topological polar surface area (TPSA) is 3.24 Å². The van der Waals surface area contributed by atoms with Gasteiger partial charge in [0.05, 0.1) is 5.54 Å². The summed E-state index contributed by atoms with van der Waals surface area (Å²) in [6.07, 6.45) is 8.69. The molecule has 0 fully saturated rings. The van der Waals surface area contributed by atoms with Gasteiger partial charge in [0.15, 0.2) is 0 Å². The number of thiol groups is 1. The molecule has 0 radical (unpaired) electrons. The van der Waals surface area contributed by atoms with E-state index in [4.69, 9.17) is 12.6 Å². The monoisotopic (exact) mass is 507 g/mol. The standard InChI is InChI=1S/C33H43B2NS/c1-22(2)31(37)30(24(4)27(35)21-34)26-17-13-14-20-33(26,8)36(28-18-11-9-15-23(28)3)29-19-12-10-16-25(29)32(5,6)7/h9-19,37H,1,20-21,34-35H2,2-8H3/b27-24+,31-30-. The highest BCUT2D eigenvalue weighted by atomic mass is 32.1. The maximum Gasteiger partial charge on any atom is 0.133 e. The second kappa shape index (κ2) is 11.4. The van der Waals surface area contributed by atoms with Gasteiger partial charge in [-0.25, -0.2) is 0 Å².